The van der Waals surface area contributed by atoms with Gasteiger partial charge in [0.05, 0.1) is 5.02 Å². The van der Waals surface area contributed by atoms with Crippen LogP contribution in [0.1, 0.15) is 22.9 Å². The molecule has 1 aromatic heterocycles. The van der Waals surface area contributed by atoms with Crippen LogP contribution in [0.25, 0.3) is 11.0 Å². The number of fused-ring (bicyclic) bond motifs is 1. The number of para-hydroxylation sites is 1. The molecule has 0 radical (unpaired) electrons. The van der Waals surface area contributed by atoms with Crippen LogP contribution in [0, 0.1) is 6.92 Å². The van der Waals surface area contributed by atoms with Gasteiger partial charge in [-0.05, 0) is 36.2 Å². The van der Waals surface area contributed by atoms with Crippen molar-refractivity contribution < 1.29 is 4.42 Å². The number of hydrogen-bond donors (Lipinski definition) is 2. The summed E-state index contributed by atoms with van der Waals surface area (Å²) in [5, 5.41) is 2.26. The molecule has 0 spiro atoms. The summed E-state index contributed by atoms with van der Waals surface area (Å²) in [6, 6.07) is 13.1. The maximum absolute atomic E-state index is 6.15. The molecule has 108 valence electrons. The van der Waals surface area contributed by atoms with Crippen LogP contribution < -0.4 is 11.3 Å². The molecular formula is C16H14Cl2N2O. The van der Waals surface area contributed by atoms with E-state index >= 15 is 0 Å². The van der Waals surface area contributed by atoms with Crippen molar-refractivity contribution in [3.8, 4) is 0 Å². The third-order valence-corrected chi connectivity index (χ3v) is 4.20. The molecule has 3 nitrogen and oxygen atoms in total. The van der Waals surface area contributed by atoms with Crippen LogP contribution in [0.5, 0.6) is 0 Å². The molecule has 0 amide bonds. The van der Waals surface area contributed by atoms with Gasteiger partial charge < -0.3 is 4.42 Å². The van der Waals surface area contributed by atoms with Gasteiger partial charge in [0.25, 0.3) is 0 Å². The molecule has 0 saturated heterocycles. The van der Waals surface area contributed by atoms with E-state index in [4.69, 9.17) is 33.5 Å². The molecule has 0 fully saturated rings. The molecule has 3 rings (SSSR count). The number of furan rings is 1. The van der Waals surface area contributed by atoms with Gasteiger partial charge in [-0.1, -0.05) is 47.5 Å². The fourth-order valence-electron chi connectivity index (χ4n) is 2.38. The first-order valence-corrected chi connectivity index (χ1v) is 7.26. The van der Waals surface area contributed by atoms with Crippen molar-refractivity contribution >= 4 is 34.2 Å². The fraction of sp³-hybridized carbons (Fsp3) is 0.125. The summed E-state index contributed by atoms with van der Waals surface area (Å²) in [4.78, 5) is 0. The summed E-state index contributed by atoms with van der Waals surface area (Å²) in [7, 11) is 0. The lowest BCUT2D eigenvalue weighted by Gasteiger charge is -2.14. The van der Waals surface area contributed by atoms with E-state index in [2.05, 4.69) is 5.43 Å². The molecule has 3 aromatic rings. The Morgan fingerprint density at radius 3 is 2.57 bits per heavy atom. The van der Waals surface area contributed by atoms with Crippen molar-refractivity contribution in [3.63, 3.8) is 0 Å². The Balaban J connectivity index is 2.09. The lowest BCUT2D eigenvalue weighted by atomic mass is 10.0. The highest BCUT2D eigenvalue weighted by molar-refractivity contribution is 6.34. The van der Waals surface area contributed by atoms with Gasteiger partial charge in [0.15, 0.2) is 5.58 Å². The molecule has 1 atom stereocenters. The van der Waals surface area contributed by atoms with E-state index in [0.717, 1.165) is 21.5 Å². The summed E-state index contributed by atoms with van der Waals surface area (Å²) in [6.45, 7) is 1.95. The molecule has 5 heteroatoms. The Kier molecular flexibility index (Phi) is 3.91. The van der Waals surface area contributed by atoms with Gasteiger partial charge in [0.1, 0.15) is 11.8 Å². The maximum Gasteiger partial charge on any atom is 0.152 e. The van der Waals surface area contributed by atoms with Crippen LogP contribution in [0.4, 0.5) is 0 Å². The molecule has 0 aliphatic heterocycles. The van der Waals surface area contributed by atoms with Crippen LogP contribution >= 0.6 is 23.2 Å². The highest BCUT2D eigenvalue weighted by Crippen LogP contribution is 2.32. The Labute approximate surface area is 132 Å². The van der Waals surface area contributed by atoms with Crippen LogP contribution in [0.3, 0.4) is 0 Å². The lowest BCUT2D eigenvalue weighted by molar-refractivity contribution is 0.477. The van der Waals surface area contributed by atoms with E-state index in [1.54, 1.807) is 6.07 Å². The molecule has 1 heterocycles. The second-order valence-corrected chi connectivity index (χ2v) is 5.73. The Hall–Kier alpha value is -1.52. The van der Waals surface area contributed by atoms with Gasteiger partial charge in [0.2, 0.25) is 0 Å². The van der Waals surface area contributed by atoms with Gasteiger partial charge in [-0.25, -0.2) is 5.43 Å². The largest absolute Gasteiger partial charge is 0.457 e. The topological polar surface area (TPSA) is 51.2 Å². The lowest BCUT2D eigenvalue weighted by Crippen LogP contribution is -2.28. The predicted molar refractivity (Wildman–Crippen MR) is 86.6 cm³/mol. The second-order valence-electron chi connectivity index (χ2n) is 4.92. The number of aryl methyl sites for hydroxylation is 1. The average molecular weight is 321 g/mol. The van der Waals surface area contributed by atoms with E-state index in [9.17, 15) is 0 Å². The Morgan fingerprint density at radius 1 is 1.10 bits per heavy atom. The number of halogens is 2. The molecular weight excluding hydrogens is 307 g/mol. The van der Waals surface area contributed by atoms with Crippen molar-refractivity contribution in [1.29, 1.82) is 0 Å². The minimum Gasteiger partial charge on any atom is -0.457 e. The van der Waals surface area contributed by atoms with Crippen molar-refractivity contribution in [3.05, 3.63) is 69.4 Å². The SMILES string of the molecule is Cc1cc(C(NN)c2cc3cccc(Cl)c3o2)ccc1Cl. The number of benzene rings is 2. The number of hydrazine groups is 1. The van der Waals surface area contributed by atoms with E-state index in [1.807, 2.05) is 43.3 Å². The Morgan fingerprint density at radius 2 is 1.90 bits per heavy atom. The first-order valence-electron chi connectivity index (χ1n) is 6.50. The van der Waals surface area contributed by atoms with Gasteiger partial charge in [-0.15, -0.1) is 0 Å². The highest BCUT2D eigenvalue weighted by atomic mass is 35.5. The van der Waals surface area contributed by atoms with Crippen LogP contribution in [0.15, 0.2) is 46.9 Å². The van der Waals surface area contributed by atoms with E-state index in [1.165, 1.54) is 0 Å². The van der Waals surface area contributed by atoms with E-state index in [0.29, 0.717) is 16.4 Å². The molecule has 0 aliphatic rings. The molecule has 21 heavy (non-hydrogen) atoms. The zero-order chi connectivity index (χ0) is 15.0. The monoisotopic (exact) mass is 320 g/mol. The van der Waals surface area contributed by atoms with Crippen LogP contribution in [-0.4, -0.2) is 0 Å². The smallest absolute Gasteiger partial charge is 0.152 e. The summed E-state index contributed by atoms with van der Waals surface area (Å²) < 4.78 is 5.87. The quantitative estimate of drug-likeness (QED) is 0.547. The fourth-order valence-corrected chi connectivity index (χ4v) is 2.72. The summed E-state index contributed by atoms with van der Waals surface area (Å²) in [5.74, 6) is 6.42. The second kappa shape index (κ2) is 5.70. The van der Waals surface area contributed by atoms with Crippen LogP contribution in [-0.2, 0) is 0 Å². The maximum atomic E-state index is 6.15. The van der Waals surface area contributed by atoms with Crippen molar-refractivity contribution in [2.45, 2.75) is 13.0 Å². The zero-order valence-corrected chi connectivity index (χ0v) is 12.9. The molecule has 0 bridgehead atoms. The minimum absolute atomic E-state index is 0.260. The average Bonchev–Trinajstić information content (AvgIpc) is 2.89. The molecule has 0 aliphatic carbocycles. The van der Waals surface area contributed by atoms with Gasteiger partial charge >= 0.3 is 0 Å². The standard InChI is InChI=1S/C16H14Cl2N2O/c1-9-7-10(5-6-12(9)17)15(20-19)14-8-11-3-2-4-13(18)16(11)21-14/h2-8,15,20H,19H2,1H3. The molecule has 0 saturated carbocycles. The predicted octanol–water partition coefficient (Wildman–Crippen LogP) is 4.60. The summed E-state index contributed by atoms with van der Waals surface area (Å²) in [6.07, 6.45) is 0. The van der Waals surface area contributed by atoms with Gasteiger partial charge in [0, 0.05) is 10.4 Å². The number of hydrogen-bond acceptors (Lipinski definition) is 3. The summed E-state index contributed by atoms with van der Waals surface area (Å²) in [5.41, 5.74) is 5.42. The van der Waals surface area contributed by atoms with Gasteiger partial charge in [-0.2, -0.15) is 0 Å². The van der Waals surface area contributed by atoms with Crippen molar-refractivity contribution in [2.24, 2.45) is 5.84 Å². The number of nitrogens with two attached hydrogens (primary N) is 1. The number of nitrogens with one attached hydrogen (secondary N) is 1. The zero-order valence-electron chi connectivity index (χ0n) is 11.4. The third-order valence-electron chi connectivity index (χ3n) is 3.48. The van der Waals surface area contributed by atoms with Crippen LogP contribution in [0.2, 0.25) is 10.0 Å². The van der Waals surface area contributed by atoms with Crippen molar-refractivity contribution in [2.75, 3.05) is 0 Å². The Bertz CT molecular complexity index is 798. The first kappa shape index (κ1) is 14.4. The van der Waals surface area contributed by atoms with Gasteiger partial charge in [-0.3, -0.25) is 5.84 Å². The highest BCUT2D eigenvalue weighted by Gasteiger charge is 2.18. The minimum atomic E-state index is -0.260. The van der Waals surface area contributed by atoms with E-state index in [-0.39, 0.29) is 6.04 Å². The molecule has 3 N–H and O–H groups in total. The first-order chi connectivity index (χ1) is 10.1. The number of rotatable bonds is 3. The van der Waals surface area contributed by atoms with E-state index < -0.39 is 0 Å². The molecule has 1 unspecified atom stereocenters. The van der Waals surface area contributed by atoms with Crippen molar-refractivity contribution in [1.82, 2.24) is 5.43 Å². The molecule has 2 aromatic carbocycles. The normalized spacial score (nSPS) is 12.8. The third kappa shape index (κ3) is 2.65. The summed E-state index contributed by atoms with van der Waals surface area (Å²) >= 11 is 12.2.